The van der Waals surface area contributed by atoms with Crippen LogP contribution in [0.2, 0.25) is 0 Å². The third-order valence-corrected chi connectivity index (χ3v) is 6.16. The molecule has 2 aromatic rings. The average Bonchev–Trinajstić information content (AvgIpc) is 2.85. The molecule has 0 aliphatic carbocycles. The van der Waals surface area contributed by atoms with Gasteiger partial charge >= 0.3 is 0 Å². The first-order valence-electron chi connectivity index (χ1n) is 7.11. The van der Waals surface area contributed by atoms with Gasteiger partial charge in [-0.05, 0) is 43.5 Å². The van der Waals surface area contributed by atoms with Crippen molar-refractivity contribution in [2.45, 2.75) is 31.7 Å². The maximum absolute atomic E-state index is 12.9. The van der Waals surface area contributed by atoms with Gasteiger partial charge in [0.1, 0.15) is 10.6 Å². The molecule has 0 spiro atoms. The van der Waals surface area contributed by atoms with Crippen molar-refractivity contribution in [2.75, 3.05) is 13.7 Å². The molecule has 0 amide bonds. The van der Waals surface area contributed by atoms with Crippen LogP contribution < -0.4 is 4.74 Å². The van der Waals surface area contributed by atoms with Gasteiger partial charge in [0, 0.05) is 13.1 Å². The minimum absolute atomic E-state index is 0.296. The van der Waals surface area contributed by atoms with Crippen molar-refractivity contribution in [3.8, 4) is 5.75 Å². The molecule has 1 aromatic heterocycles. The van der Waals surface area contributed by atoms with Gasteiger partial charge in [0.2, 0.25) is 10.0 Å². The van der Waals surface area contributed by atoms with Gasteiger partial charge in [0.05, 0.1) is 18.5 Å². The second-order valence-electron chi connectivity index (χ2n) is 5.49. The number of hydrogen-bond donors (Lipinski definition) is 1. The fourth-order valence-corrected chi connectivity index (χ4v) is 4.64. The maximum Gasteiger partial charge on any atom is 0.247 e. The van der Waals surface area contributed by atoms with Crippen molar-refractivity contribution < 1.29 is 13.2 Å². The molecule has 0 saturated carbocycles. The topological polar surface area (TPSA) is 75.3 Å². The first-order valence-corrected chi connectivity index (χ1v) is 8.55. The van der Waals surface area contributed by atoms with Crippen molar-refractivity contribution in [3.05, 3.63) is 40.7 Å². The van der Waals surface area contributed by atoms with Gasteiger partial charge in [-0.15, -0.1) is 0 Å². The number of nitrogens with zero attached hydrogens (tertiary/aromatic N) is 2. The Morgan fingerprint density at radius 2 is 2.05 bits per heavy atom. The van der Waals surface area contributed by atoms with Gasteiger partial charge in [-0.3, -0.25) is 5.10 Å². The van der Waals surface area contributed by atoms with Gasteiger partial charge in [0.15, 0.2) is 0 Å². The molecule has 1 aliphatic rings. The molecule has 3 rings (SSSR count). The molecule has 1 aliphatic heterocycles. The van der Waals surface area contributed by atoms with E-state index in [9.17, 15) is 8.42 Å². The molecule has 0 atom stereocenters. The standard InChI is InChI=1S/C15H19N3O3S/c1-10-15(11(2)17-16-10)22(19,20)18-7-6-12-8-14(21-3)5-4-13(12)9-18/h4-5,8H,6-7,9H2,1-3H3,(H,16,17). The van der Waals surface area contributed by atoms with Crippen LogP contribution in [0, 0.1) is 13.8 Å². The zero-order chi connectivity index (χ0) is 15.9. The molecule has 118 valence electrons. The summed E-state index contributed by atoms with van der Waals surface area (Å²) in [4.78, 5) is 0.296. The lowest BCUT2D eigenvalue weighted by Gasteiger charge is -2.28. The van der Waals surface area contributed by atoms with E-state index in [4.69, 9.17) is 4.74 Å². The molecular formula is C15H19N3O3S. The van der Waals surface area contributed by atoms with Gasteiger partial charge < -0.3 is 4.74 Å². The minimum atomic E-state index is -3.53. The highest BCUT2D eigenvalue weighted by Gasteiger charge is 2.32. The first kappa shape index (κ1) is 15.1. The van der Waals surface area contributed by atoms with Crippen LogP contribution in [0.4, 0.5) is 0 Å². The lowest BCUT2D eigenvalue weighted by Crippen LogP contribution is -2.36. The number of hydrogen-bond acceptors (Lipinski definition) is 4. The Hall–Kier alpha value is -1.86. The third-order valence-electron chi connectivity index (χ3n) is 4.05. The number of fused-ring (bicyclic) bond motifs is 1. The SMILES string of the molecule is COc1ccc2c(c1)CCN(S(=O)(=O)c1c(C)n[nH]c1C)C2. The summed E-state index contributed by atoms with van der Waals surface area (Å²) >= 11 is 0. The smallest absolute Gasteiger partial charge is 0.247 e. The number of H-pyrrole nitrogens is 1. The average molecular weight is 321 g/mol. The fraction of sp³-hybridized carbons (Fsp3) is 0.400. The summed E-state index contributed by atoms with van der Waals surface area (Å²) < 4.78 is 32.5. The van der Waals surface area contributed by atoms with Crippen LogP contribution in [0.3, 0.4) is 0 Å². The largest absolute Gasteiger partial charge is 0.497 e. The number of aryl methyl sites for hydroxylation is 2. The Kier molecular flexibility index (Phi) is 3.70. The van der Waals surface area contributed by atoms with Crippen LogP contribution in [-0.4, -0.2) is 36.6 Å². The summed E-state index contributed by atoms with van der Waals surface area (Å²) in [6.07, 6.45) is 0.682. The second kappa shape index (κ2) is 5.40. The van der Waals surface area contributed by atoms with Crippen LogP contribution in [0.5, 0.6) is 5.75 Å². The summed E-state index contributed by atoms with van der Waals surface area (Å²) in [5, 5.41) is 6.74. The van der Waals surface area contributed by atoms with E-state index >= 15 is 0 Å². The number of nitrogens with one attached hydrogen (secondary N) is 1. The van der Waals surface area contributed by atoms with Crippen molar-refractivity contribution >= 4 is 10.0 Å². The van der Waals surface area contributed by atoms with Crippen LogP contribution in [0.25, 0.3) is 0 Å². The highest BCUT2D eigenvalue weighted by Crippen LogP contribution is 2.29. The Bertz CT molecular complexity index is 792. The third kappa shape index (κ3) is 2.40. The molecule has 0 fully saturated rings. The summed E-state index contributed by atoms with van der Waals surface area (Å²) in [7, 11) is -1.90. The Morgan fingerprint density at radius 1 is 1.27 bits per heavy atom. The lowest BCUT2D eigenvalue weighted by molar-refractivity contribution is 0.386. The predicted octanol–water partition coefficient (Wildman–Crippen LogP) is 1.78. The minimum Gasteiger partial charge on any atom is -0.497 e. The molecule has 7 heteroatoms. The van der Waals surface area contributed by atoms with E-state index in [2.05, 4.69) is 10.2 Å². The first-order chi connectivity index (χ1) is 10.4. The summed E-state index contributed by atoms with van der Waals surface area (Å²) in [6.45, 7) is 4.28. The Morgan fingerprint density at radius 3 is 2.68 bits per heavy atom. The highest BCUT2D eigenvalue weighted by atomic mass is 32.2. The molecular weight excluding hydrogens is 302 g/mol. The zero-order valence-electron chi connectivity index (χ0n) is 12.9. The van der Waals surface area contributed by atoms with Crippen LogP contribution in [0.1, 0.15) is 22.5 Å². The normalized spacial score (nSPS) is 15.6. The Labute approximate surface area is 130 Å². The van der Waals surface area contributed by atoms with Crippen molar-refractivity contribution in [1.82, 2.24) is 14.5 Å². The molecule has 0 unspecified atom stereocenters. The predicted molar refractivity (Wildman–Crippen MR) is 82.4 cm³/mol. The van der Waals surface area contributed by atoms with Crippen LogP contribution in [0.15, 0.2) is 23.1 Å². The highest BCUT2D eigenvalue weighted by molar-refractivity contribution is 7.89. The number of sulfonamides is 1. The van der Waals surface area contributed by atoms with Gasteiger partial charge in [0.25, 0.3) is 0 Å². The monoisotopic (exact) mass is 321 g/mol. The summed E-state index contributed by atoms with van der Waals surface area (Å²) in [5.41, 5.74) is 3.26. The van der Waals surface area contributed by atoms with E-state index in [-0.39, 0.29) is 0 Å². The van der Waals surface area contributed by atoms with Crippen molar-refractivity contribution in [3.63, 3.8) is 0 Å². The van der Waals surface area contributed by atoms with Crippen molar-refractivity contribution in [2.24, 2.45) is 0 Å². The molecule has 1 N–H and O–H groups in total. The fourth-order valence-electron chi connectivity index (χ4n) is 2.89. The molecule has 0 saturated heterocycles. The van der Waals surface area contributed by atoms with Gasteiger partial charge in [-0.2, -0.15) is 9.40 Å². The molecule has 0 radical (unpaired) electrons. The molecule has 2 heterocycles. The number of aromatic nitrogens is 2. The van der Waals surface area contributed by atoms with Crippen LogP contribution in [-0.2, 0) is 23.0 Å². The van der Waals surface area contributed by atoms with E-state index in [0.717, 1.165) is 16.9 Å². The second-order valence-corrected chi connectivity index (χ2v) is 7.36. The molecule has 0 bridgehead atoms. The molecule has 1 aromatic carbocycles. The number of aromatic amines is 1. The van der Waals surface area contributed by atoms with Crippen LogP contribution >= 0.6 is 0 Å². The van der Waals surface area contributed by atoms with E-state index < -0.39 is 10.0 Å². The van der Waals surface area contributed by atoms with E-state index in [0.29, 0.717) is 35.8 Å². The summed E-state index contributed by atoms with van der Waals surface area (Å²) in [5.74, 6) is 0.802. The maximum atomic E-state index is 12.9. The number of rotatable bonds is 3. The quantitative estimate of drug-likeness (QED) is 0.935. The molecule has 22 heavy (non-hydrogen) atoms. The number of ether oxygens (including phenoxy) is 1. The van der Waals surface area contributed by atoms with E-state index in [1.54, 1.807) is 21.0 Å². The van der Waals surface area contributed by atoms with E-state index in [1.165, 1.54) is 4.31 Å². The van der Waals surface area contributed by atoms with Crippen molar-refractivity contribution in [1.29, 1.82) is 0 Å². The Balaban J connectivity index is 1.94. The number of benzene rings is 1. The van der Waals surface area contributed by atoms with E-state index in [1.807, 2.05) is 18.2 Å². The lowest BCUT2D eigenvalue weighted by atomic mass is 10.0. The van der Waals surface area contributed by atoms with Gasteiger partial charge in [-0.1, -0.05) is 6.07 Å². The zero-order valence-corrected chi connectivity index (χ0v) is 13.7. The molecule has 6 nitrogen and oxygen atoms in total. The summed E-state index contributed by atoms with van der Waals surface area (Å²) in [6, 6.07) is 5.78. The van der Waals surface area contributed by atoms with Gasteiger partial charge in [-0.25, -0.2) is 8.42 Å². The number of methoxy groups -OCH3 is 1.